The van der Waals surface area contributed by atoms with E-state index in [0.717, 1.165) is 23.1 Å². The lowest BCUT2D eigenvalue weighted by Gasteiger charge is -2.31. The van der Waals surface area contributed by atoms with E-state index in [1.807, 2.05) is 6.92 Å². The van der Waals surface area contributed by atoms with Gasteiger partial charge in [0.2, 0.25) is 17.7 Å². The van der Waals surface area contributed by atoms with Crippen molar-refractivity contribution in [3.63, 3.8) is 0 Å². The van der Waals surface area contributed by atoms with Crippen LogP contribution in [0.2, 0.25) is 0 Å². The van der Waals surface area contributed by atoms with Crippen molar-refractivity contribution in [3.8, 4) is 0 Å². The molecule has 8 nitrogen and oxygen atoms in total. The second-order valence-electron chi connectivity index (χ2n) is 8.48. The Hall–Kier alpha value is -3.53. The molecule has 194 valence electrons. The lowest BCUT2D eigenvalue weighted by molar-refractivity contribution is -0.130. The van der Waals surface area contributed by atoms with Gasteiger partial charge in [-0.3, -0.25) is 24.1 Å². The molecule has 36 heavy (non-hydrogen) atoms. The van der Waals surface area contributed by atoms with Crippen LogP contribution in [0.5, 0.6) is 0 Å². The number of nitrogens with zero attached hydrogens (tertiary/aromatic N) is 2. The number of benzene rings is 2. The Morgan fingerprint density at radius 1 is 1.03 bits per heavy atom. The number of hydrogen-bond acceptors (Lipinski definition) is 4. The molecule has 0 saturated carbocycles. The predicted octanol–water partition coefficient (Wildman–Crippen LogP) is 3.64. The van der Waals surface area contributed by atoms with Gasteiger partial charge in [0.1, 0.15) is 29.9 Å². The fourth-order valence-corrected chi connectivity index (χ4v) is 3.98. The van der Waals surface area contributed by atoms with Crippen molar-refractivity contribution < 1.29 is 28.0 Å². The van der Waals surface area contributed by atoms with Crippen LogP contribution >= 0.6 is 12.4 Å². The molecule has 11 heteroatoms. The minimum absolute atomic E-state index is 0. The van der Waals surface area contributed by atoms with E-state index in [2.05, 4.69) is 10.6 Å². The summed E-state index contributed by atoms with van der Waals surface area (Å²) in [5.41, 5.74) is -0.0107. The number of amides is 4. The molecular formula is C25H29ClF2N4O4. The summed E-state index contributed by atoms with van der Waals surface area (Å²) >= 11 is 0. The van der Waals surface area contributed by atoms with Crippen LogP contribution < -0.4 is 20.4 Å². The lowest BCUT2D eigenvalue weighted by atomic mass is 10.0. The van der Waals surface area contributed by atoms with Gasteiger partial charge in [0.25, 0.3) is 5.91 Å². The summed E-state index contributed by atoms with van der Waals surface area (Å²) in [6, 6.07) is 7.72. The van der Waals surface area contributed by atoms with Crippen LogP contribution in [-0.2, 0) is 19.2 Å². The van der Waals surface area contributed by atoms with Crippen molar-refractivity contribution in [1.82, 2.24) is 5.32 Å². The maximum Gasteiger partial charge on any atom is 0.252 e. The zero-order valence-corrected chi connectivity index (χ0v) is 21.2. The Kier molecular flexibility index (Phi) is 9.52. The first-order valence-corrected chi connectivity index (χ1v) is 11.3. The number of anilines is 3. The largest absolute Gasteiger partial charge is 0.342 e. The summed E-state index contributed by atoms with van der Waals surface area (Å²) in [5.74, 6) is -4.52. The first-order chi connectivity index (χ1) is 16.6. The molecule has 1 aliphatic heterocycles. The van der Waals surface area contributed by atoms with Crippen LogP contribution in [0.1, 0.15) is 34.1 Å². The van der Waals surface area contributed by atoms with Gasteiger partial charge >= 0.3 is 0 Å². The molecule has 2 aromatic carbocycles. The molecule has 0 fully saturated rings. The first-order valence-electron chi connectivity index (χ1n) is 11.3. The second kappa shape index (κ2) is 11.9. The van der Waals surface area contributed by atoms with Crippen LogP contribution in [0, 0.1) is 17.6 Å². The first kappa shape index (κ1) is 28.7. The number of nitrogens with one attached hydrogen (secondary N) is 2. The zero-order valence-electron chi connectivity index (χ0n) is 20.4. The second-order valence-corrected chi connectivity index (χ2v) is 8.48. The molecule has 0 saturated heterocycles. The van der Waals surface area contributed by atoms with Gasteiger partial charge in [0.15, 0.2) is 0 Å². The normalized spacial score (nSPS) is 17.9. The molecule has 0 radical (unpaired) electrons. The number of carbonyl (C=O) groups is 4. The topological polar surface area (TPSA) is 98.8 Å². The Labute approximate surface area is 214 Å². The predicted molar refractivity (Wildman–Crippen MR) is 135 cm³/mol. The van der Waals surface area contributed by atoms with Gasteiger partial charge in [0, 0.05) is 12.8 Å². The molecule has 2 aromatic rings. The minimum atomic E-state index is -1.16. The van der Waals surface area contributed by atoms with Gasteiger partial charge in [-0.2, -0.15) is 0 Å². The van der Waals surface area contributed by atoms with E-state index in [-0.39, 0.29) is 35.8 Å². The number of hydrogen-bond donors (Lipinski definition) is 2. The van der Waals surface area contributed by atoms with Gasteiger partial charge in [-0.1, -0.05) is 32.0 Å². The molecular weight excluding hydrogens is 494 g/mol. The third-order valence-corrected chi connectivity index (χ3v) is 6.08. The smallest absolute Gasteiger partial charge is 0.252 e. The maximum atomic E-state index is 14.0. The molecule has 0 unspecified atom stereocenters. The summed E-state index contributed by atoms with van der Waals surface area (Å²) in [4.78, 5) is 54.3. The Bertz CT molecular complexity index is 1140. The van der Waals surface area contributed by atoms with Gasteiger partial charge in [-0.25, -0.2) is 8.78 Å². The molecule has 2 N–H and O–H groups in total. The van der Waals surface area contributed by atoms with Gasteiger partial charge in [-0.15, -0.1) is 12.4 Å². The lowest BCUT2D eigenvalue weighted by Crippen LogP contribution is -2.58. The highest BCUT2D eigenvalue weighted by Crippen LogP contribution is 2.35. The number of rotatable bonds is 6. The highest BCUT2D eigenvalue weighted by Gasteiger charge is 2.42. The van der Waals surface area contributed by atoms with Crippen molar-refractivity contribution in [3.05, 3.63) is 54.1 Å². The quantitative estimate of drug-likeness (QED) is 0.605. The van der Waals surface area contributed by atoms with Crippen LogP contribution in [0.15, 0.2) is 42.5 Å². The van der Waals surface area contributed by atoms with E-state index in [9.17, 15) is 28.0 Å². The van der Waals surface area contributed by atoms with E-state index in [1.54, 1.807) is 38.1 Å². The number of carbonyl (C=O) groups excluding carboxylic acids is 4. The van der Waals surface area contributed by atoms with E-state index < -0.39 is 47.8 Å². The van der Waals surface area contributed by atoms with E-state index in [1.165, 1.54) is 11.8 Å². The molecule has 0 spiro atoms. The third-order valence-electron chi connectivity index (χ3n) is 6.08. The van der Waals surface area contributed by atoms with Gasteiger partial charge in [-0.05, 0) is 37.6 Å². The third kappa shape index (κ3) is 5.81. The Balaban J connectivity index is 0.00000456. The van der Waals surface area contributed by atoms with Crippen molar-refractivity contribution in [2.24, 2.45) is 5.92 Å². The van der Waals surface area contributed by atoms with Crippen molar-refractivity contribution in [2.45, 2.75) is 46.2 Å². The molecule has 0 aliphatic carbocycles. The standard InChI is InChI=1S/C25H28F2N4O4.ClH/c1-5-14(2)24(34)29-22-15(3)31(16(4)32)20-12-7-6-11-19(20)30(25(22)35)13-21(33)28-23-17(26)9-8-10-18(23)27;/h6-12,14-15,22H,5,13H2,1-4H3,(H,28,33)(H,29,34);1H/t14-,15+,22+;/m1./s1. The van der Waals surface area contributed by atoms with Crippen LogP contribution in [0.25, 0.3) is 0 Å². The number of fused-ring (bicyclic) bond motifs is 1. The average molecular weight is 523 g/mol. The SMILES string of the molecule is CC[C@@H](C)C(=O)N[C@@H]1C(=O)N(CC(=O)Nc2c(F)cccc2F)c2ccccc2N(C(C)=O)[C@H]1C.Cl. The van der Waals surface area contributed by atoms with Crippen LogP contribution in [0.3, 0.4) is 0 Å². The summed E-state index contributed by atoms with van der Waals surface area (Å²) in [6.45, 7) is 5.92. The number of para-hydroxylation sites is 3. The highest BCUT2D eigenvalue weighted by molar-refractivity contribution is 6.11. The van der Waals surface area contributed by atoms with E-state index in [0.29, 0.717) is 12.1 Å². The maximum absolute atomic E-state index is 14.0. The number of halogens is 3. The molecule has 1 heterocycles. The monoisotopic (exact) mass is 522 g/mol. The molecule has 4 amide bonds. The molecule has 0 bridgehead atoms. The molecule has 0 aromatic heterocycles. The van der Waals surface area contributed by atoms with Gasteiger partial charge in [0.05, 0.1) is 17.4 Å². The van der Waals surface area contributed by atoms with E-state index >= 15 is 0 Å². The van der Waals surface area contributed by atoms with Crippen molar-refractivity contribution in [2.75, 3.05) is 21.7 Å². The summed E-state index contributed by atoms with van der Waals surface area (Å²) in [5, 5.41) is 4.90. The minimum Gasteiger partial charge on any atom is -0.342 e. The van der Waals surface area contributed by atoms with Crippen LogP contribution in [-0.4, -0.2) is 42.3 Å². The Morgan fingerprint density at radius 2 is 1.61 bits per heavy atom. The summed E-state index contributed by atoms with van der Waals surface area (Å²) < 4.78 is 28.1. The fraction of sp³-hybridized carbons (Fsp3) is 0.360. The van der Waals surface area contributed by atoms with Gasteiger partial charge < -0.3 is 15.5 Å². The molecule has 3 rings (SSSR count). The van der Waals surface area contributed by atoms with Crippen molar-refractivity contribution >= 4 is 53.1 Å². The van der Waals surface area contributed by atoms with E-state index in [4.69, 9.17) is 0 Å². The molecule has 1 aliphatic rings. The molecule has 3 atom stereocenters. The van der Waals surface area contributed by atoms with Crippen LogP contribution in [0.4, 0.5) is 25.8 Å². The van der Waals surface area contributed by atoms with Crippen molar-refractivity contribution in [1.29, 1.82) is 0 Å². The summed E-state index contributed by atoms with van der Waals surface area (Å²) in [7, 11) is 0. The Morgan fingerprint density at radius 3 is 2.17 bits per heavy atom. The fourth-order valence-electron chi connectivity index (χ4n) is 3.98. The zero-order chi connectivity index (χ0) is 25.9. The average Bonchev–Trinajstić information content (AvgIpc) is 2.90. The summed E-state index contributed by atoms with van der Waals surface area (Å²) in [6.07, 6.45) is 0.540. The highest BCUT2D eigenvalue weighted by atomic mass is 35.5.